The Morgan fingerprint density at radius 3 is 2.21 bits per heavy atom. The second kappa shape index (κ2) is 8.70. The van der Waals surface area contributed by atoms with E-state index in [0.717, 1.165) is 5.56 Å². The van der Waals surface area contributed by atoms with Gasteiger partial charge in [0.2, 0.25) is 0 Å². The second-order valence-electron chi connectivity index (χ2n) is 3.32. The van der Waals surface area contributed by atoms with Crippen LogP contribution in [0.3, 0.4) is 0 Å². The lowest BCUT2D eigenvalue weighted by molar-refractivity contribution is -0.140. The van der Waals surface area contributed by atoms with E-state index in [0.29, 0.717) is 12.2 Å². The maximum absolute atomic E-state index is 11.2. The minimum Gasteiger partial charge on any atom is -0.457 e. The molecule has 0 saturated heterocycles. The number of hydrogen-bond acceptors (Lipinski definition) is 5. The van der Waals surface area contributed by atoms with Crippen LogP contribution in [0.5, 0.6) is 0 Å². The molecule has 1 aromatic rings. The van der Waals surface area contributed by atoms with Gasteiger partial charge in [0.25, 0.3) is 0 Å². The molecule has 0 saturated carbocycles. The molecule has 0 heterocycles. The molecule has 8 heteroatoms. The van der Waals surface area contributed by atoms with Gasteiger partial charge in [0.05, 0.1) is 0 Å². The predicted octanol–water partition coefficient (Wildman–Crippen LogP) is 1.91. The highest BCUT2D eigenvalue weighted by Gasteiger charge is 2.04. The molecule has 0 aliphatic heterocycles. The molecule has 0 aliphatic rings. The molecule has 0 aliphatic carbocycles. The highest BCUT2D eigenvalue weighted by molar-refractivity contribution is 7.83. The van der Waals surface area contributed by atoms with Gasteiger partial charge in [-0.05, 0) is 17.9 Å². The summed E-state index contributed by atoms with van der Waals surface area (Å²) in [6.45, 7) is 1.97. The zero-order valence-electron chi connectivity index (χ0n) is 10.1. The van der Waals surface area contributed by atoms with Gasteiger partial charge >= 0.3 is 16.4 Å². The van der Waals surface area contributed by atoms with Crippen molar-refractivity contribution in [1.82, 2.24) is 0 Å². The third-order valence-corrected chi connectivity index (χ3v) is 2.12. The van der Waals surface area contributed by atoms with Crippen molar-refractivity contribution in [2.75, 3.05) is 0 Å². The third-order valence-electron chi connectivity index (χ3n) is 1.73. The van der Waals surface area contributed by atoms with E-state index in [1.807, 2.05) is 30.3 Å². The number of thiol groups is 1. The molecule has 19 heavy (non-hydrogen) atoms. The lowest BCUT2D eigenvalue weighted by atomic mass is 10.2. The molecule has 0 radical (unpaired) electrons. The van der Waals surface area contributed by atoms with Gasteiger partial charge in [-0.3, -0.25) is 9.11 Å². The summed E-state index contributed by atoms with van der Waals surface area (Å²) in [4.78, 5) is 11.2. The highest BCUT2D eigenvalue weighted by Crippen LogP contribution is 2.04. The van der Waals surface area contributed by atoms with Crippen LogP contribution in [-0.2, 0) is 26.5 Å². The minimum absolute atomic E-state index is 0.304. The summed E-state index contributed by atoms with van der Waals surface area (Å²) in [7, 11) is -4.67. The van der Waals surface area contributed by atoms with Gasteiger partial charge < -0.3 is 4.74 Å². The first-order valence-electron chi connectivity index (χ1n) is 4.96. The van der Waals surface area contributed by atoms with Crippen LogP contribution in [0.25, 0.3) is 0 Å². The minimum atomic E-state index is -4.67. The van der Waals surface area contributed by atoms with E-state index in [9.17, 15) is 4.79 Å². The Kier molecular flexibility index (Phi) is 8.08. The monoisotopic (exact) mass is 306 g/mol. The lowest BCUT2D eigenvalue weighted by Gasteiger charge is -2.03. The maximum Gasteiger partial charge on any atom is 0.394 e. The maximum atomic E-state index is 11.2. The molecule has 0 spiro atoms. The van der Waals surface area contributed by atoms with E-state index in [1.165, 1.54) is 5.41 Å². The van der Waals surface area contributed by atoms with Crippen LogP contribution in [0.15, 0.2) is 41.3 Å². The fourth-order valence-electron chi connectivity index (χ4n) is 0.890. The van der Waals surface area contributed by atoms with E-state index in [4.69, 9.17) is 22.3 Å². The van der Waals surface area contributed by atoms with Crippen molar-refractivity contribution in [3.63, 3.8) is 0 Å². The topological polar surface area (TPSA) is 101 Å². The summed E-state index contributed by atoms with van der Waals surface area (Å²) in [5.41, 5.74) is 1.48. The molecule has 0 aromatic heterocycles. The number of rotatable bonds is 3. The zero-order valence-corrected chi connectivity index (χ0v) is 11.8. The fraction of sp³-hybridized carbons (Fsp3) is 0.182. The standard InChI is InChI=1S/C11H12O2S.H2O4S/c1-9(8-14)11(12)13-7-10-5-3-2-4-6-10;1-5(2,3)4/h2-6,8,14H,7H2,1H3;(H2,1,2,3,4). The van der Waals surface area contributed by atoms with Crippen molar-refractivity contribution in [1.29, 1.82) is 0 Å². The van der Waals surface area contributed by atoms with Gasteiger partial charge in [0.15, 0.2) is 0 Å². The normalized spacial score (nSPS) is 11.3. The Balaban J connectivity index is 0.000000555. The summed E-state index contributed by atoms with van der Waals surface area (Å²) in [6, 6.07) is 9.55. The van der Waals surface area contributed by atoms with E-state index in [-0.39, 0.29) is 5.97 Å². The van der Waals surface area contributed by atoms with E-state index in [1.54, 1.807) is 6.92 Å². The van der Waals surface area contributed by atoms with Gasteiger partial charge in [-0.15, -0.1) is 0 Å². The Morgan fingerprint density at radius 2 is 1.79 bits per heavy atom. The molecule has 0 amide bonds. The molecule has 0 unspecified atom stereocenters. The van der Waals surface area contributed by atoms with E-state index >= 15 is 0 Å². The largest absolute Gasteiger partial charge is 0.457 e. The van der Waals surface area contributed by atoms with Crippen LogP contribution in [0.2, 0.25) is 0 Å². The molecule has 2 N–H and O–H groups in total. The van der Waals surface area contributed by atoms with Crippen molar-refractivity contribution in [2.45, 2.75) is 13.5 Å². The smallest absolute Gasteiger partial charge is 0.394 e. The third kappa shape index (κ3) is 11.5. The number of carbonyl (C=O) groups is 1. The Morgan fingerprint density at radius 1 is 1.32 bits per heavy atom. The fourth-order valence-corrected chi connectivity index (χ4v) is 0.995. The average molecular weight is 306 g/mol. The Bertz CT molecular complexity index is 513. The van der Waals surface area contributed by atoms with Crippen LogP contribution in [0, 0.1) is 0 Å². The number of esters is 1. The summed E-state index contributed by atoms with van der Waals surface area (Å²) in [6.07, 6.45) is 0. The van der Waals surface area contributed by atoms with Crippen molar-refractivity contribution < 1.29 is 27.1 Å². The van der Waals surface area contributed by atoms with Crippen LogP contribution >= 0.6 is 12.6 Å². The van der Waals surface area contributed by atoms with Crippen molar-refractivity contribution in [3.8, 4) is 0 Å². The molecule has 106 valence electrons. The van der Waals surface area contributed by atoms with Gasteiger partial charge in [-0.25, -0.2) is 4.79 Å². The molecule has 1 aromatic carbocycles. The molecule has 1 rings (SSSR count). The summed E-state index contributed by atoms with van der Waals surface area (Å²) in [5.74, 6) is -0.330. The van der Waals surface area contributed by atoms with E-state index in [2.05, 4.69) is 12.6 Å². The first kappa shape index (κ1) is 17.6. The van der Waals surface area contributed by atoms with E-state index < -0.39 is 10.4 Å². The molecular weight excluding hydrogens is 292 g/mol. The average Bonchev–Trinajstić information content (AvgIpc) is 2.34. The van der Waals surface area contributed by atoms with Crippen LogP contribution in [0.1, 0.15) is 12.5 Å². The quantitative estimate of drug-likeness (QED) is 0.341. The second-order valence-corrected chi connectivity index (χ2v) is 4.48. The molecule has 0 atom stereocenters. The number of carbonyl (C=O) groups excluding carboxylic acids is 1. The summed E-state index contributed by atoms with van der Waals surface area (Å²) >= 11 is 3.87. The highest BCUT2D eigenvalue weighted by atomic mass is 32.3. The van der Waals surface area contributed by atoms with Gasteiger partial charge in [-0.2, -0.15) is 21.0 Å². The van der Waals surface area contributed by atoms with Crippen molar-refractivity contribution >= 4 is 29.0 Å². The van der Waals surface area contributed by atoms with Gasteiger partial charge in [0.1, 0.15) is 6.61 Å². The Labute approximate surface area is 117 Å². The van der Waals surface area contributed by atoms with Crippen molar-refractivity contribution in [2.24, 2.45) is 0 Å². The lowest BCUT2D eigenvalue weighted by Crippen LogP contribution is -2.05. The molecule has 0 bridgehead atoms. The van der Waals surface area contributed by atoms with Gasteiger partial charge in [0, 0.05) is 5.57 Å². The summed E-state index contributed by atoms with van der Waals surface area (Å²) < 4.78 is 36.6. The zero-order chi connectivity index (χ0) is 14.9. The van der Waals surface area contributed by atoms with Crippen LogP contribution < -0.4 is 0 Å². The van der Waals surface area contributed by atoms with Gasteiger partial charge in [-0.1, -0.05) is 30.3 Å². The van der Waals surface area contributed by atoms with Crippen molar-refractivity contribution in [3.05, 3.63) is 46.9 Å². The number of benzene rings is 1. The number of hydrogen-bond donors (Lipinski definition) is 3. The molecule has 0 fully saturated rings. The van der Waals surface area contributed by atoms with Crippen LogP contribution in [-0.4, -0.2) is 23.5 Å². The first-order chi connectivity index (χ1) is 8.74. The number of ether oxygens (including phenoxy) is 1. The summed E-state index contributed by atoms with van der Waals surface area (Å²) in [5, 5.41) is 1.44. The molecular formula is C11H14O6S2. The SMILES string of the molecule is CC(=CS)C(=O)OCc1ccccc1.O=S(=O)(O)O. The first-order valence-corrected chi connectivity index (χ1v) is 6.87. The predicted molar refractivity (Wildman–Crippen MR) is 73.2 cm³/mol. The Hall–Kier alpha value is -1.35. The molecule has 6 nitrogen and oxygen atoms in total. The van der Waals surface area contributed by atoms with Crippen LogP contribution in [0.4, 0.5) is 0 Å².